The van der Waals surface area contributed by atoms with Gasteiger partial charge in [0.25, 0.3) is 0 Å². The van der Waals surface area contributed by atoms with E-state index in [-0.39, 0.29) is 12.0 Å². The number of hydrogen-bond acceptors (Lipinski definition) is 5. The quantitative estimate of drug-likeness (QED) is 0.850. The first kappa shape index (κ1) is 15.1. The van der Waals surface area contributed by atoms with E-state index in [0.29, 0.717) is 31.5 Å². The van der Waals surface area contributed by atoms with Gasteiger partial charge in [-0.15, -0.1) is 11.8 Å². The van der Waals surface area contributed by atoms with Crippen molar-refractivity contribution in [1.82, 2.24) is 4.90 Å². The molecule has 4 rings (SSSR count). The minimum atomic E-state index is -0.190. The van der Waals surface area contributed by atoms with Crippen LogP contribution < -0.4 is 9.47 Å². The Hall–Kier alpha value is -1.40. The van der Waals surface area contributed by atoms with Crippen LogP contribution in [-0.4, -0.2) is 54.1 Å². The first-order chi connectivity index (χ1) is 11.2. The Labute approximate surface area is 139 Å². The predicted molar refractivity (Wildman–Crippen MR) is 87.0 cm³/mol. The topological polar surface area (TPSA) is 59.0 Å². The maximum Gasteiger partial charge on any atom is 0.223 e. The number of carbonyl (C=O) groups excluding carboxylic acids is 1. The molecule has 0 unspecified atom stereocenters. The summed E-state index contributed by atoms with van der Waals surface area (Å²) < 4.78 is 11.1. The monoisotopic (exact) mass is 335 g/mol. The van der Waals surface area contributed by atoms with Gasteiger partial charge < -0.3 is 19.5 Å². The molecule has 1 aromatic carbocycles. The molecule has 2 aliphatic heterocycles. The standard InChI is InChI=1S/C17H21NO4S/c19-14-7-11-9-18(10-13(11)14)17(20)3-6-23-12-1-2-15-16(8-12)22-5-4-21-15/h1-2,8,11,13-14,19H,3-7,9-10H2/t11-,13+,14+/m1/s1. The Kier molecular flexibility index (Phi) is 4.11. The van der Waals surface area contributed by atoms with Crippen molar-refractivity contribution in [3.8, 4) is 11.5 Å². The highest BCUT2D eigenvalue weighted by Gasteiger charge is 2.47. The van der Waals surface area contributed by atoms with Crippen LogP contribution in [0.3, 0.4) is 0 Å². The number of rotatable bonds is 4. The molecular weight excluding hydrogens is 314 g/mol. The Balaban J connectivity index is 1.26. The van der Waals surface area contributed by atoms with Gasteiger partial charge in [0.2, 0.25) is 5.91 Å². The Morgan fingerprint density at radius 1 is 1.26 bits per heavy atom. The molecule has 1 N–H and O–H groups in total. The van der Waals surface area contributed by atoms with Gasteiger partial charge in [-0.2, -0.15) is 0 Å². The molecule has 1 saturated carbocycles. The summed E-state index contributed by atoms with van der Waals surface area (Å²) in [4.78, 5) is 15.3. The molecule has 1 amide bonds. The summed E-state index contributed by atoms with van der Waals surface area (Å²) in [7, 11) is 0. The van der Waals surface area contributed by atoms with Crippen LogP contribution in [0.5, 0.6) is 11.5 Å². The van der Waals surface area contributed by atoms with Crippen molar-refractivity contribution >= 4 is 17.7 Å². The molecule has 0 spiro atoms. The van der Waals surface area contributed by atoms with E-state index in [2.05, 4.69) is 0 Å². The molecule has 1 aromatic rings. The third-order valence-electron chi connectivity index (χ3n) is 4.98. The summed E-state index contributed by atoms with van der Waals surface area (Å²) in [5.74, 6) is 3.40. The maximum atomic E-state index is 12.3. The van der Waals surface area contributed by atoms with Gasteiger partial charge in [0.1, 0.15) is 13.2 Å². The molecule has 1 aliphatic carbocycles. The van der Waals surface area contributed by atoms with E-state index in [4.69, 9.17) is 9.47 Å². The van der Waals surface area contributed by atoms with Crippen LogP contribution >= 0.6 is 11.8 Å². The first-order valence-corrected chi connectivity index (χ1v) is 9.17. The lowest BCUT2D eigenvalue weighted by atomic mass is 9.74. The highest BCUT2D eigenvalue weighted by Crippen LogP contribution is 2.41. The van der Waals surface area contributed by atoms with Crippen molar-refractivity contribution in [2.24, 2.45) is 11.8 Å². The van der Waals surface area contributed by atoms with Gasteiger partial charge in [0.15, 0.2) is 11.5 Å². The lowest BCUT2D eigenvalue weighted by molar-refractivity contribution is -0.129. The number of likely N-dealkylation sites (tertiary alicyclic amines) is 1. The zero-order valence-electron chi connectivity index (χ0n) is 12.9. The SMILES string of the molecule is O=C(CCSc1ccc2c(c1)OCCO2)N1C[C@H]2C[C@H](O)[C@H]2C1. The molecule has 23 heavy (non-hydrogen) atoms. The molecule has 0 bridgehead atoms. The molecule has 5 nitrogen and oxygen atoms in total. The largest absolute Gasteiger partial charge is 0.486 e. The van der Waals surface area contributed by atoms with E-state index >= 15 is 0 Å². The number of thioether (sulfide) groups is 1. The number of aliphatic hydroxyl groups is 1. The zero-order valence-corrected chi connectivity index (χ0v) is 13.8. The fraction of sp³-hybridized carbons (Fsp3) is 0.588. The molecule has 1 saturated heterocycles. The maximum absolute atomic E-state index is 12.3. The number of amides is 1. The predicted octanol–water partition coefficient (Wildman–Crippen LogP) is 1.78. The van der Waals surface area contributed by atoms with Crippen LogP contribution in [0.4, 0.5) is 0 Å². The van der Waals surface area contributed by atoms with Gasteiger partial charge in [-0.25, -0.2) is 0 Å². The van der Waals surface area contributed by atoms with E-state index in [0.717, 1.165) is 41.7 Å². The second-order valence-electron chi connectivity index (χ2n) is 6.43. The molecule has 0 radical (unpaired) electrons. The summed E-state index contributed by atoms with van der Waals surface area (Å²) in [5, 5.41) is 9.68. The van der Waals surface area contributed by atoms with Crippen molar-refractivity contribution in [3.63, 3.8) is 0 Å². The van der Waals surface area contributed by atoms with Crippen LogP contribution in [0.1, 0.15) is 12.8 Å². The molecule has 3 atom stereocenters. The molecule has 0 aromatic heterocycles. The average Bonchev–Trinajstić information content (AvgIpc) is 2.92. The number of nitrogens with zero attached hydrogens (tertiary/aromatic N) is 1. The summed E-state index contributed by atoms with van der Waals surface area (Å²) >= 11 is 1.67. The second kappa shape index (κ2) is 6.24. The summed E-state index contributed by atoms with van der Waals surface area (Å²) in [5.41, 5.74) is 0. The minimum absolute atomic E-state index is 0.190. The third kappa shape index (κ3) is 3.02. The van der Waals surface area contributed by atoms with Gasteiger partial charge in [0.05, 0.1) is 6.10 Å². The number of carbonyl (C=O) groups is 1. The van der Waals surface area contributed by atoms with Crippen LogP contribution in [0.15, 0.2) is 23.1 Å². The Morgan fingerprint density at radius 2 is 2.09 bits per heavy atom. The van der Waals surface area contributed by atoms with Crippen LogP contribution in [-0.2, 0) is 4.79 Å². The fourth-order valence-corrected chi connectivity index (χ4v) is 4.47. The summed E-state index contributed by atoms with van der Waals surface area (Å²) in [6.07, 6.45) is 1.21. The van der Waals surface area contributed by atoms with Crippen LogP contribution in [0.25, 0.3) is 0 Å². The average molecular weight is 335 g/mol. The van der Waals surface area contributed by atoms with Gasteiger partial charge in [-0.3, -0.25) is 4.79 Å². The lowest BCUT2D eigenvalue weighted by Gasteiger charge is -2.34. The van der Waals surface area contributed by atoms with Gasteiger partial charge >= 0.3 is 0 Å². The lowest BCUT2D eigenvalue weighted by Crippen LogP contribution is -2.39. The fourth-order valence-electron chi connectivity index (χ4n) is 3.60. The number of aliphatic hydroxyl groups excluding tert-OH is 1. The van der Waals surface area contributed by atoms with Crippen molar-refractivity contribution in [3.05, 3.63) is 18.2 Å². The number of hydrogen-bond donors (Lipinski definition) is 1. The van der Waals surface area contributed by atoms with Crippen molar-refractivity contribution in [2.75, 3.05) is 32.1 Å². The number of fused-ring (bicyclic) bond motifs is 2. The van der Waals surface area contributed by atoms with E-state index in [1.165, 1.54) is 0 Å². The van der Waals surface area contributed by atoms with Crippen LogP contribution in [0.2, 0.25) is 0 Å². The minimum Gasteiger partial charge on any atom is -0.486 e. The third-order valence-corrected chi connectivity index (χ3v) is 5.98. The van der Waals surface area contributed by atoms with E-state index < -0.39 is 0 Å². The summed E-state index contributed by atoms with van der Waals surface area (Å²) in [6.45, 7) is 2.75. The van der Waals surface area contributed by atoms with E-state index in [1.807, 2.05) is 23.1 Å². The molecule has 124 valence electrons. The summed E-state index contributed by atoms with van der Waals surface area (Å²) in [6, 6.07) is 5.92. The highest BCUT2D eigenvalue weighted by molar-refractivity contribution is 7.99. The molecule has 6 heteroatoms. The number of ether oxygens (including phenoxy) is 2. The van der Waals surface area contributed by atoms with Gasteiger partial charge in [0, 0.05) is 36.1 Å². The molecule has 2 fully saturated rings. The van der Waals surface area contributed by atoms with Crippen molar-refractivity contribution < 1.29 is 19.4 Å². The second-order valence-corrected chi connectivity index (χ2v) is 7.60. The van der Waals surface area contributed by atoms with Gasteiger partial charge in [-0.1, -0.05) is 0 Å². The Bertz CT molecular complexity index is 608. The van der Waals surface area contributed by atoms with Crippen molar-refractivity contribution in [2.45, 2.75) is 23.8 Å². The smallest absolute Gasteiger partial charge is 0.223 e. The van der Waals surface area contributed by atoms with Crippen molar-refractivity contribution in [1.29, 1.82) is 0 Å². The molecule has 2 heterocycles. The van der Waals surface area contributed by atoms with E-state index in [9.17, 15) is 9.90 Å². The molecular formula is C17H21NO4S. The number of benzene rings is 1. The highest BCUT2D eigenvalue weighted by atomic mass is 32.2. The Morgan fingerprint density at radius 3 is 2.87 bits per heavy atom. The zero-order chi connectivity index (χ0) is 15.8. The normalized spacial score (nSPS) is 28.2. The van der Waals surface area contributed by atoms with Gasteiger partial charge in [-0.05, 0) is 30.5 Å². The molecule has 3 aliphatic rings. The first-order valence-electron chi connectivity index (χ1n) is 8.19. The van der Waals surface area contributed by atoms with Crippen LogP contribution in [0, 0.1) is 11.8 Å². The van der Waals surface area contributed by atoms with E-state index in [1.54, 1.807) is 11.8 Å².